The molecule has 2 heteroatoms. The first-order valence-corrected chi connectivity index (χ1v) is 6.71. The molecule has 0 heterocycles. The van der Waals surface area contributed by atoms with Gasteiger partial charge in [-0.3, -0.25) is 0 Å². The van der Waals surface area contributed by atoms with Gasteiger partial charge in [0.25, 0.3) is 0 Å². The fourth-order valence-corrected chi connectivity index (χ4v) is 2.91. The third-order valence-electron chi connectivity index (χ3n) is 4.72. The molecule has 1 atom stereocenters. The molecule has 0 aliphatic heterocycles. The van der Waals surface area contributed by atoms with Crippen molar-refractivity contribution in [3.8, 4) is 0 Å². The highest BCUT2D eigenvalue weighted by atomic mass is 16.5. The van der Waals surface area contributed by atoms with Gasteiger partial charge < -0.3 is 9.84 Å². The largest absolute Gasteiger partial charge is 0.390 e. The van der Waals surface area contributed by atoms with Crippen LogP contribution in [0.4, 0.5) is 0 Å². The molecule has 2 aliphatic rings. The summed E-state index contributed by atoms with van der Waals surface area (Å²) in [7, 11) is 1.77. The number of methoxy groups -OCH3 is 1. The third kappa shape index (κ3) is 2.60. The van der Waals surface area contributed by atoms with E-state index in [0.717, 1.165) is 25.2 Å². The molecular weight excluding hydrogens is 200 g/mol. The van der Waals surface area contributed by atoms with Crippen molar-refractivity contribution in [1.29, 1.82) is 0 Å². The zero-order valence-corrected chi connectivity index (χ0v) is 11.0. The molecule has 2 fully saturated rings. The molecule has 16 heavy (non-hydrogen) atoms. The first-order valence-electron chi connectivity index (χ1n) is 6.71. The molecule has 2 rings (SSSR count). The molecule has 2 saturated carbocycles. The average Bonchev–Trinajstić information content (AvgIpc) is 3.02. The average molecular weight is 226 g/mol. The van der Waals surface area contributed by atoms with E-state index < -0.39 is 0 Å². The topological polar surface area (TPSA) is 29.5 Å². The van der Waals surface area contributed by atoms with Gasteiger partial charge >= 0.3 is 0 Å². The molecule has 94 valence electrons. The van der Waals surface area contributed by atoms with Crippen molar-refractivity contribution >= 4 is 0 Å². The summed E-state index contributed by atoms with van der Waals surface area (Å²) in [5, 5.41) is 10.4. The Balaban J connectivity index is 1.96. The van der Waals surface area contributed by atoms with Crippen LogP contribution < -0.4 is 0 Å². The van der Waals surface area contributed by atoms with E-state index in [4.69, 9.17) is 4.74 Å². The van der Waals surface area contributed by atoms with Crippen molar-refractivity contribution in [2.24, 2.45) is 11.3 Å². The highest BCUT2D eigenvalue weighted by Crippen LogP contribution is 2.46. The quantitative estimate of drug-likeness (QED) is 0.798. The van der Waals surface area contributed by atoms with E-state index in [2.05, 4.69) is 13.8 Å². The monoisotopic (exact) mass is 226 g/mol. The molecule has 0 radical (unpaired) electrons. The minimum absolute atomic E-state index is 0.238. The third-order valence-corrected chi connectivity index (χ3v) is 4.72. The van der Waals surface area contributed by atoms with Crippen LogP contribution in [0.2, 0.25) is 0 Å². The van der Waals surface area contributed by atoms with Crippen LogP contribution in [-0.2, 0) is 4.74 Å². The number of aliphatic hydroxyl groups is 1. The second-order valence-electron chi connectivity index (χ2n) is 6.63. The molecule has 1 unspecified atom stereocenters. The van der Waals surface area contributed by atoms with Gasteiger partial charge in [-0.1, -0.05) is 26.7 Å². The maximum absolute atomic E-state index is 10.4. The predicted molar refractivity (Wildman–Crippen MR) is 65.3 cm³/mol. The lowest BCUT2D eigenvalue weighted by Gasteiger charge is -2.45. The predicted octanol–water partition coefficient (Wildman–Crippen LogP) is 3.13. The van der Waals surface area contributed by atoms with Crippen molar-refractivity contribution in [2.45, 2.75) is 70.5 Å². The number of aliphatic hydroxyl groups excluding tert-OH is 1. The van der Waals surface area contributed by atoms with Crippen molar-refractivity contribution in [1.82, 2.24) is 0 Å². The molecule has 2 aliphatic carbocycles. The molecule has 2 nitrogen and oxygen atoms in total. The summed E-state index contributed by atoms with van der Waals surface area (Å²) in [4.78, 5) is 0. The molecule has 0 bridgehead atoms. The van der Waals surface area contributed by atoms with Gasteiger partial charge in [0.05, 0.1) is 11.7 Å². The van der Waals surface area contributed by atoms with Gasteiger partial charge in [0.1, 0.15) is 0 Å². The lowest BCUT2D eigenvalue weighted by molar-refractivity contribution is -0.139. The summed E-state index contributed by atoms with van der Waals surface area (Å²) in [6, 6.07) is 0. The lowest BCUT2D eigenvalue weighted by atomic mass is 9.68. The van der Waals surface area contributed by atoms with Crippen LogP contribution in [-0.4, -0.2) is 23.9 Å². The second kappa shape index (κ2) is 4.30. The second-order valence-corrected chi connectivity index (χ2v) is 6.63. The summed E-state index contributed by atoms with van der Waals surface area (Å²) in [5.74, 6) is 0.775. The Morgan fingerprint density at radius 2 is 1.75 bits per heavy atom. The first-order chi connectivity index (χ1) is 7.47. The molecular formula is C14H26O2. The van der Waals surface area contributed by atoms with E-state index in [0.29, 0.717) is 5.41 Å². The van der Waals surface area contributed by atoms with E-state index in [1.165, 1.54) is 25.7 Å². The Morgan fingerprint density at radius 3 is 2.19 bits per heavy atom. The number of hydrogen-bond acceptors (Lipinski definition) is 2. The van der Waals surface area contributed by atoms with Gasteiger partial charge in [0.15, 0.2) is 0 Å². The van der Waals surface area contributed by atoms with Crippen LogP contribution in [0.15, 0.2) is 0 Å². The molecule has 0 aromatic heterocycles. The number of ether oxygens (including phenoxy) is 1. The van der Waals surface area contributed by atoms with E-state index in [1.807, 2.05) is 0 Å². The highest BCUT2D eigenvalue weighted by molar-refractivity contribution is 4.97. The van der Waals surface area contributed by atoms with Gasteiger partial charge in [-0.2, -0.15) is 0 Å². The summed E-state index contributed by atoms with van der Waals surface area (Å²) < 4.78 is 5.71. The van der Waals surface area contributed by atoms with Crippen LogP contribution >= 0.6 is 0 Å². The fourth-order valence-electron chi connectivity index (χ4n) is 2.91. The summed E-state index contributed by atoms with van der Waals surface area (Å²) in [6.07, 6.45) is 7.69. The zero-order valence-electron chi connectivity index (χ0n) is 11.0. The van der Waals surface area contributed by atoms with Crippen molar-refractivity contribution in [3.63, 3.8) is 0 Å². The molecule has 0 aromatic rings. The first kappa shape index (κ1) is 12.4. The van der Waals surface area contributed by atoms with Crippen LogP contribution in [0.1, 0.15) is 58.8 Å². The van der Waals surface area contributed by atoms with Crippen molar-refractivity contribution < 1.29 is 9.84 Å². The van der Waals surface area contributed by atoms with E-state index in [1.54, 1.807) is 7.11 Å². The Kier molecular flexibility index (Phi) is 3.33. The van der Waals surface area contributed by atoms with Gasteiger partial charge in [0, 0.05) is 7.11 Å². The Morgan fingerprint density at radius 1 is 1.19 bits per heavy atom. The standard InChI is InChI=1S/C14H26O2/c1-13(2)6-8-14(16-3,9-7-13)12(15)10-11-4-5-11/h11-12,15H,4-10H2,1-3H3. The summed E-state index contributed by atoms with van der Waals surface area (Å²) >= 11 is 0. The van der Waals surface area contributed by atoms with E-state index in [-0.39, 0.29) is 11.7 Å². The van der Waals surface area contributed by atoms with Gasteiger partial charge in [-0.05, 0) is 43.4 Å². The minimum atomic E-state index is -0.249. The maximum atomic E-state index is 10.4. The zero-order chi connectivity index (χ0) is 11.8. The summed E-state index contributed by atoms with van der Waals surface area (Å²) in [6.45, 7) is 4.64. The normalized spacial score (nSPS) is 30.0. The van der Waals surface area contributed by atoms with Crippen LogP contribution in [0, 0.1) is 11.3 Å². The van der Waals surface area contributed by atoms with Gasteiger partial charge in [0.2, 0.25) is 0 Å². The van der Waals surface area contributed by atoms with Crippen LogP contribution in [0.25, 0.3) is 0 Å². The minimum Gasteiger partial charge on any atom is -0.390 e. The van der Waals surface area contributed by atoms with Crippen LogP contribution in [0.5, 0.6) is 0 Å². The SMILES string of the molecule is COC1(C(O)CC2CC2)CCC(C)(C)CC1. The number of hydrogen-bond donors (Lipinski definition) is 1. The number of rotatable bonds is 4. The molecule has 0 amide bonds. The van der Waals surface area contributed by atoms with E-state index >= 15 is 0 Å². The fraction of sp³-hybridized carbons (Fsp3) is 1.00. The lowest BCUT2D eigenvalue weighted by Crippen LogP contribution is -2.48. The van der Waals surface area contributed by atoms with Gasteiger partial charge in [-0.25, -0.2) is 0 Å². The maximum Gasteiger partial charge on any atom is 0.0936 e. The molecule has 0 spiro atoms. The Bertz CT molecular complexity index is 233. The highest BCUT2D eigenvalue weighted by Gasteiger charge is 2.45. The van der Waals surface area contributed by atoms with Crippen molar-refractivity contribution in [3.05, 3.63) is 0 Å². The molecule has 1 N–H and O–H groups in total. The van der Waals surface area contributed by atoms with E-state index in [9.17, 15) is 5.11 Å². The van der Waals surface area contributed by atoms with Gasteiger partial charge in [-0.15, -0.1) is 0 Å². The molecule has 0 saturated heterocycles. The Hall–Kier alpha value is -0.0800. The van der Waals surface area contributed by atoms with Crippen LogP contribution in [0.3, 0.4) is 0 Å². The Labute approximate surface area is 99.4 Å². The van der Waals surface area contributed by atoms with Crippen molar-refractivity contribution in [2.75, 3.05) is 7.11 Å². The molecule has 0 aromatic carbocycles. The smallest absolute Gasteiger partial charge is 0.0936 e. The summed E-state index contributed by atoms with van der Waals surface area (Å²) in [5.41, 5.74) is 0.194.